The largest absolute Gasteiger partial charge is 0.494 e. The van der Waals surface area contributed by atoms with E-state index in [1.165, 1.54) is 24.1 Å². The van der Waals surface area contributed by atoms with Crippen LogP contribution in [0.5, 0.6) is 5.75 Å². The molecule has 1 aromatic carbocycles. The van der Waals surface area contributed by atoms with E-state index in [2.05, 4.69) is 0 Å². The third-order valence-corrected chi connectivity index (χ3v) is 3.63. The van der Waals surface area contributed by atoms with Crippen LogP contribution in [0, 0.1) is 11.7 Å². The Kier molecular flexibility index (Phi) is 4.57. The van der Waals surface area contributed by atoms with E-state index in [9.17, 15) is 14.0 Å². The first kappa shape index (κ1) is 15.4. The third-order valence-electron chi connectivity index (χ3n) is 3.63. The molecule has 2 N–H and O–H groups in total. The molecule has 1 aromatic rings. The molecule has 0 saturated carbocycles. The van der Waals surface area contributed by atoms with Crippen LogP contribution in [0.15, 0.2) is 18.2 Å². The zero-order valence-electron chi connectivity index (χ0n) is 12.1. The molecule has 0 aromatic heterocycles. The molecule has 21 heavy (non-hydrogen) atoms. The van der Waals surface area contributed by atoms with E-state index in [-0.39, 0.29) is 30.0 Å². The van der Waals surface area contributed by atoms with Gasteiger partial charge in [-0.3, -0.25) is 14.5 Å². The summed E-state index contributed by atoms with van der Waals surface area (Å²) in [6.07, 6.45) is 0.685. The van der Waals surface area contributed by atoms with Crippen LogP contribution in [0.25, 0.3) is 0 Å². The Labute approximate surface area is 122 Å². The van der Waals surface area contributed by atoms with Gasteiger partial charge in [-0.15, -0.1) is 0 Å². The first-order valence-corrected chi connectivity index (χ1v) is 6.84. The smallest absolute Gasteiger partial charge is 0.229 e. The zero-order chi connectivity index (χ0) is 15.6. The van der Waals surface area contributed by atoms with Crippen LogP contribution >= 0.6 is 0 Å². The lowest BCUT2D eigenvalue weighted by molar-refractivity contribution is -0.150. The highest BCUT2D eigenvalue weighted by molar-refractivity contribution is 5.97. The highest BCUT2D eigenvalue weighted by atomic mass is 19.1. The van der Waals surface area contributed by atoms with Gasteiger partial charge in [0.2, 0.25) is 11.8 Å². The van der Waals surface area contributed by atoms with Gasteiger partial charge in [0.1, 0.15) is 0 Å². The van der Waals surface area contributed by atoms with Crippen LogP contribution in [-0.2, 0) is 9.59 Å². The maximum Gasteiger partial charge on any atom is 0.229 e. The van der Waals surface area contributed by atoms with Gasteiger partial charge in [0.15, 0.2) is 11.6 Å². The molecular weight excluding hydrogens is 275 g/mol. The lowest BCUT2D eigenvalue weighted by Crippen LogP contribution is -2.45. The number of rotatable bonds is 4. The van der Waals surface area contributed by atoms with Crippen molar-refractivity contribution in [1.82, 2.24) is 4.90 Å². The maximum absolute atomic E-state index is 13.7. The first-order valence-electron chi connectivity index (χ1n) is 6.84. The predicted octanol–water partition coefficient (Wildman–Crippen LogP) is 1.62. The lowest BCUT2D eigenvalue weighted by atomic mass is 9.96. The molecule has 1 aliphatic heterocycles. The summed E-state index contributed by atoms with van der Waals surface area (Å²) in [6, 6.07) is 3.76. The summed E-state index contributed by atoms with van der Waals surface area (Å²) in [4.78, 5) is 25.0. The Hall–Kier alpha value is -1.95. The van der Waals surface area contributed by atoms with Gasteiger partial charge in [0.25, 0.3) is 0 Å². The number of halogens is 1. The molecule has 0 spiro atoms. The molecule has 6 heteroatoms. The van der Waals surface area contributed by atoms with Crippen molar-refractivity contribution in [3.8, 4) is 5.75 Å². The number of imide groups is 1. The molecule has 1 atom stereocenters. The summed E-state index contributed by atoms with van der Waals surface area (Å²) < 4.78 is 18.5. The normalized spacial score (nSPS) is 18.0. The molecule has 0 bridgehead atoms. The van der Waals surface area contributed by atoms with Crippen molar-refractivity contribution in [1.29, 1.82) is 0 Å². The first-order chi connectivity index (χ1) is 9.92. The van der Waals surface area contributed by atoms with Crippen molar-refractivity contribution in [2.45, 2.75) is 25.8 Å². The van der Waals surface area contributed by atoms with Gasteiger partial charge in [-0.05, 0) is 23.6 Å². The molecule has 2 rings (SSSR count). The second-order valence-corrected chi connectivity index (χ2v) is 5.41. The standard InChI is InChI=1S/C15H19FN2O3/c1-9-5-14(19)18(15(20)6-9)8-12(17)10-3-4-13(21-2)11(16)7-10/h3-4,7,9,12H,5-6,8,17H2,1-2H3. The molecule has 114 valence electrons. The maximum atomic E-state index is 13.7. The van der Waals surface area contributed by atoms with Crippen molar-refractivity contribution in [2.75, 3.05) is 13.7 Å². The van der Waals surface area contributed by atoms with E-state index in [4.69, 9.17) is 10.5 Å². The molecule has 0 aliphatic carbocycles. The Balaban J connectivity index is 2.10. The summed E-state index contributed by atoms with van der Waals surface area (Å²) in [7, 11) is 1.38. The average Bonchev–Trinajstić information content (AvgIpc) is 2.42. The Bertz CT molecular complexity index is 544. The number of amides is 2. The molecule has 2 amide bonds. The summed E-state index contributed by atoms with van der Waals surface area (Å²) in [5, 5.41) is 0. The predicted molar refractivity (Wildman–Crippen MR) is 75.0 cm³/mol. The molecule has 1 heterocycles. The number of carbonyl (C=O) groups is 2. The summed E-state index contributed by atoms with van der Waals surface area (Å²) in [5.74, 6) is -0.762. The van der Waals surface area contributed by atoms with E-state index in [0.717, 1.165) is 0 Å². The van der Waals surface area contributed by atoms with Gasteiger partial charge in [-0.1, -0.05) is 13.0 Å². The molecule has 5 nitrogen and oxygen atoms in total. The van der Waals surface area contributed by atoms with Crippen molar-refractivity contribution in [3.63, 3.8) is 0 Å². The van der Waals surface area contributed by atoms with Gasteiger partial charge in [-0.25, -0.2) is 4.39 Å². The number of nitrogens with zero attached hydrogens (tertiary/aromatic N) is 1. The van der Waals surface area contributed by atoms with Gasteiger partial charge >= 0.3 is 0 Å². The molecule has 1 fully saturated rings. The minimum Gasteiger partial charge on any atom is -0.494 e. The monoisotopic (exact) mass is 294 g/mol. The number of ether oxygens (including phenoxy) is 1. The number of likely N-dealkylation sites (tertiary alicyclic amines) is 1. The third kappa shape index (κ3) is 3.39. The Morgan fingerprint density at radius 2 is 2.00 bits per heavy atom. The number of hydrogen-bond donors (Lipinski definition) is 1. The number of benzene rings is 1. The Morgan fingerprint density at radius 1 is 1.38 bits per heavy atom. The van der Waals surface area contributed by atoms with E-state index < -0.39 is 11.9 Å². The van der Waals surface area contributed by atoms with Crippen LogP contribution < -0.4 is 10.5 Å². The Morgan fingerprint density at radius 3 is 2.52 bits per heavy atom. The number of carbonyl (C=O) groups excluding carboxylic acids is 2. The van der Waals surface area contributed by atoms with Crippen molar-refractivity contribution >= 4 is 11.8 Å². The number of piperidine rings is 1. The quantitative estimate of drug-likeness (QED) is 0.856. The highest BCUT2D eigenvalue weighted by Gasteiger charge is 2.31. The van der Waals surface area contributed by atoms with Gasteiger partial charge < -0.3 is 10.5 Å². The summed E-state index contributed by atoms with van der Waals surface area (Å²) in [5.41, 5.74) is 6.51. The number of hydrogen-bond acceptors (Lipinski definition) is 4. The average molecular weight is 294 g/mol. The summed E-state index contributed by atoms with van der Waals surface area (Å²) >= 11 is 0. The molecular formula is C15H19FN2O3. The topological polar surface area (TPSA) is 72.6 Å². The van der Waals surface area contributed by atoms with Gasteiger partial charge in [-0.2, -0.15) is 0 Å². The second kappa shape index (κ2) is 6.22. The van der Waals surface area contributed by atoms with E-state index in [0.29, 0.717) is 18.4 Å². The van der Waals surface area contributed by atoms with E-state index >= 15 is 0 Å². The highest BCUT2D eigenvalue weighted by Crippen LogP contribution is 2.24. The molecule has 1 aliphatic rings. The molecule has 1 saturated heterocycles. The minimum atomic E-state index is -0.619. The van der Waals surface area contributed by atoms with Crippen molar-refractivity contribution in [2.24, 2.45) is 11.7 Å². The van der Waals surface area contributed by atoms with Crippen molar-refractivity contribution < 1.29 is 18.7 Å². The number of methoxy groups -OCH3 is 1. The van der Waals surface area contributed by atoms with Crippen LogP contribution in [0.3, 0.4) is 0 Å². The number of nitrogens with two attached hydrogens (primary N) is 1. The van der Waals surface area contributed by atoms with Crippen LogP contribution in [0.4, 0.5) is 4.39 Å². The van der Waals surface area contributed by atoms with Crippen LogP contribution in [0.1, 0.15) is 31.4 Å². The summed E-state index contributed by atoms with van der Waals surface area (Å²) in [6.45, 7) is 1.93. The van der Waals surface area contributed by atoms with Crippen LogP contribution in [0.2, 0.25) is 0 Å². The fourth-order valence-electron chi connectivity index (χ4n) is 2.45. The van der Waals surface area contributed by atoms with E-state index in [1.54, 1.807) is 6.07 Å². The lowest BCUT2D eigenvalue weighted by Gasteiger charge is -2.30. The van der Waals surface area contributed by atoms with Gasteiger partial charge in [0, 0.05) is 25.4 Å². The van der Waals surface area contributed by atoms with E-state index in [1.807, 2.05) is 6.92 Å². The molecule has 0 radical (unpaired) electrons. The zero-order valence-corrected chi connectivity index (χ0v) is 12.1. The molecule has 1 unspecified atom stereocenters. The fraction of sp³-hybridized carbons (Fsp3) is 0.467. The fourth-order valence-corrected chi connectivity index (χ4v) is 2.45. The minimum absolute atomic E-state index is 0.0656. The van der Waals surface area contributed by atoms with Gasteiger partial charge in [0.05, 0.1) is 7.11 Å². The SMILES string of the molecule is COc1ccc(C(N)CN2C(=O)CC(C)CC2=O)cc1F. The van der Waals surface area contributed by atoms with Crippen LogP contribution in [-0.4, -0.2) is 30.4 Å². The van der Waals surface area contributed by atoms with Crippen molar-refractivity contribution in [3.05, 3.63) is 29.6 Å². The second-order valence-electron chi connectivity index (χ2n) is 5.41.